The summed E-state index contributed by atoms with van der Waals surface area (Å²) < 4.78 is 23.9. The highest BCUT2D eigenvalue weighted by Gasteiger charge is 2.24. The van der Waals surface area contributed by atoms with E-state index in [2.05, 4.69) is 4.74 Å². The number of hydrogen-bond acceptors (Lipinski definition) is 11. The molecule has 0 aliphatic carbocycles. The van der Waals surface area contributed by atoms with Gasteiger partial charge in [0.2, 0.25) is 0 Å². The van der Waals surface area contributed by atoms with E-state index in [4.69, 9.17) is 29.8 Å². The number of nitrogens with two attached hydrogens (primary N) is 1. The summed E-state index contributed by atoms with van der Waals surface area (Å²) in [6, 6.07) is 13.8. The van der Waals surface area contributed by atoms with Crippen molar-refractivity contribution in [2.24, 2.45) is 5.73 Å². The lowest BCUT2D eigenvalue weighted by Crippen LogP contribution is -2.29. The van der Waals surface area contributed by atoms with E-state index in [1.54, 1.807) is 77.9 Å². The molecule has 0 unspecified atom stereocenters. The monoisotopic (exact) mass is 635 g/mol. The van der Waals surface area contributed by atoms with Crippen LogP contribution in [0.25, 0.3) is 0 Å². The van der Waals surface area contributed by atoms with Crippen molar-refractivity contribution in [1.82, 2.24) is 0 Å². The van der Waals surface area contributed by atoms with E-state index in [-0.39, 0.29) is 17.5 Å². The number of ether oxygens (including phenoxy) is 5. The number of carbonyl (C=O) groups is 3. The van der Waals surface area contributed by atoms with Crippen LogP contribution in [0.5, 0.6) is 11.5 Å². The fourth-order valence-electron chi connectivity index (χ4n) is 3.15. The normalized spacial score (nSPS) is 12.5. The number of phenolic OH excluding ortho intramolecular Hbond substituents is 2. The average molecular weight is 636 g/mol. The van der Waals surface area contributed by atoms with Gasteiger partial charge in [-0.2, -0.15) is 0 Å². The Hall–Kier alpha value is -3.83. The molecule has 2 aromatic rings. The van der Waals surface area contributed by atoms with Crippen molar-refractivity contribution in [3.63, 3.8) is 0 Å². The van der Waals surface area contributed by atoms with Gasteiger partial charge >= 0.3 is 18.3 Å². The van der Waals surface area contributed by atoms with Crippen LogP contribution in [-0.2, 0) is 41.4 Å². The highest BCUT2D eigenvalue weighted by molar-refractivity contribution is 5.77. The second kappa shape index (κ2) is 20.2. The van der Waals surface area contributed by atoms with Gasteiger partial charge in [0.25, 0.3) is 0 Å². The van der Waals surface area contributed by atoms with Crippen molar-refractivity contribution in [3.8, 4) is 11.5 Å². The molecule has 4 N–H and O–H groups in total. The maximum Gasteiger partial charge on any atom is 0.519 e. The molecule has 0 spiro atoms. The lowest BCUT2D eigenvalue weighted by Gasteiger charge is -2.20. The Morgan fingerprint density at radius 2 is 1.13 bits per heavy atom. The van der Waals surface area contributed by atoms with Crippen LogP contribution in [0.2, 0.25) is 0 Å². The first kappa shape index (κ1) is 41.2. The molecule has 1 heterocycles. The van der Waals surface area contributed by atoms with Gasteiger partial charge in [0.05, 0.1) is 0 Å². The summed E-state index contributed by atoms with van der Waals surface area (Å²) in [5.41, 5.74) is 5.37. The summed E-state index contributed by atoms with van der Waals surface area (Å²) in [5, 5.41) is 18.1. The Bertz CT molecular complexity index is 1120. The highest BCUT2D eigenvalue weighted by Crippen LogP contribution is 2.15. The summed E-state index contributed by atoms with van der Waals surface area (Å²) in [4.78, 5) is 33.5. The number of aryl methyl sites for hydroxylation is 1. The molecule has 1 aliphatic heterocycles. The zero-order valence-corrected chi connectivity index (χ0v) is 28.3. The largest absolute Gasteiger partial charge is 0.519 e. The Balaban J connectivity index is 0.000000613. The average Bonchev–Trinajstić information content (AvgIpc) is 3.45. The van der Waals surface area contributed by atoms with Gasteiger partial charge in [-0.05, 0) is 117 Å². The van der Waals surface area contributed by atoms with E-state index in [0.29, 0.717) is 19.4 Å². The van der Waals surface area contributed by atoms with Gasteiger partial charge in [0.15, 0.2) is 0 Å². The smallest absolute Gasteiger partial charge is 0.508 e. The number of esters is 1. The van der Waals surface area contributed by atoms with Gasteiger partial charge in [0.1, 0.15) is 28.3 Å². The van der Waals surface area contributed by atoms with Gasteiger partial charge in [-0.1, -0.05) is 24.3 Å². The van der Waals surface area contributed by atoms with Gasteiger partial charge in [-0.15, -0.1) is 0 Å². The number of aromatic hydroxyl groups is 2. The number of hydrogen-bond donors (Lipinski definition) is 3. The van der Waals surface area contributed by atoms with Gasteiger partial charge in [-0.25, -0.2) is 9.59 Å². The maximum absolute atomic E-state index is 11.4. The van der Waals surface area contributed by atoms with Crippen LogP contribution in [0, 0.1) is 0 Å². The minimum atomic E-state index is -1.06. The van der Waals surface area contributed by atoms with Crippen LogP contribution < -0.4 is 5.73 Å². The Kier molecular flexibility index (Phi) is 18.5. The third-order valence-electron chi connectivity index (χ3n) is 4.87. The van der Waals surface area contributed by atoms with E-state index in [0.717, 1.165) is 24.3 Å². The van der Waals surface area contributed by atoms with E-state index >= 15 is 0 Å². The third-order valence-corrected chi connectivity index (χ3v) is 4.87. The molecular formula is C34H53NO10. The van der Waals surface area contributed by atoms with Crippen LogP contribution in [-0.4, -0.2) is 58.5 Å². The quantitative estimate of drug-likeness (QED) is 0.177. The van der Waals surface area contributed by atoms with Crippen molar-refractivity contribution in [2.75, 3.05) is 13.2 Å². The van der Waals surface area contributed by atoms with E-state index < -0.39 is 29.1 Å². The SMILES string of the molecule is C1CCOC1.CC(C)(C)OC(=O)CCc1cccc(O)c1.CC(C)(C)OC(=O)OC(=O)OC(C)(C)C.NCc1cccc(O)c1. The molecule has 11 heteroatoms. The van der Waals surface area contributed by atoms with Crippen LogP contribution in [0.15, 0.2) is 48.5 Å². The summed E-state index contributed by atoms with van der Waals surface area (Å²) >= 11 is 0. The fourth-order valence-corrected chi connectivity index (χ4v) is 3.15. The topological polar surface area (TPSA) is 164 Å². The van der Waals surface area contributed by atoms with Crippen LogP contribution >= 0.6 is 0 Å². The van der Waals surface area contributed by atoms with Crippen molar-refractivity contribution in [1.29, 1.82) is 0 Å². The molecule has 1 saturated heterocycles. The number of phenols is 2. The maximum atomic E-state index is 11.4. The van der Waals surface area contributed by atoms with E-state index in [1.807, 2.05) is 32.9 Å². The Labute approximate surface area is 268 Å². The third kappa shape index (κ3) is 26.3. The molecule has 0 radical (unpaired) electrons. The predicted octanol–water partition coefficient (Wildman–Crippen LogP) is 7.19. The second-order valence-corrected chi connectivity index (χ2v) is 13.0. The minimum absolute atomic E-state index is 0.212. The zero-order chi connectivity index (χ0) is 34.7. The molecule has 0 atom stereocenters. The minimum Gasteiger partial charge on any atom is -0.508 e. The van der Waals surface area contributed by atoms with Crippen molar-refractivity contribution in [3.05, 3.63) is 59.7 Å². The molecule has 0 amide bonds. The van der Waals surface area contributed by atoms with E-state index in [9.17, 15) is 19.5 Å². The Morgan fingerprint density at radius 1 is 0.711 bits per heavy atom. The van der Waals surface area contributed by atoms with Crippen molar-refractivity contribution >= 4 is 18.3 Å². The van der Waals surface area contributed by atoms with Gasteiger partial charge in [0, 0.05) is 26.2 Å². The Morgan fingerprint density at radius 3 is 1.47 bits per heavy atom. The molecular weight excluding hydrogens is 582 g/mol. The molecule has 1 aliphatic rings. The lowest BCUT2D eigenvalue weighted by molar-refractivity contribution is -0.154. The van der Waals surface area contributed by atoms with Crippen LogP contribution in [0.3, 0.4) is 0 Å². The molecule has 0 bridgehead atoms. The van der Waals surface area contributed by atoms with Crippen molar-refractivity contribution < 1.29 is 48.3 Å². The number of rotatable bonds is 4. The van der Waals surface area contributed by atoms with Gasteiger partial charge in [-0.3, -0.25) is 4.79 Å². The standard InChI is InChI=1S/C13H18O3.C10H18O5.C7H9NO.C4H8O/c1-13(2,3)16-12(15)8-7-10-5-4-6-11(14)9-10;1-9(2,3)14-7(11)13-8(12)15-10(4,5)6;8-5-6-2-1-3-7(9)4-6;1-2-4-5-3-1/h4-6,9,14H,7-8H2,1-3H3;1-6H3;1-4,9H,5,8H2;1-4H2. The molecule has 11 nitrogen and oxygen atoms in total. The second-order valence-electron chi connectivity index (χ2n) is 13.0. The first-order chi connectivity index (χ1) is 20.7. The highest BCUT2D eigenvalue weighted by atomic mass is 16.8. The lowest BCUT2D eigenvalue weighted by atomic mass is 10.1. The van der Waals surface area contributed by atoms with Crippen LogP contribution in [0.1, 0.15) is 92.7 Å². The molecule has 1 fully saturated rings. The first-order valence-corrected chi connectivity index (χ1v) is 14.9. The predicted molar refractivity (Wildman–Crippen MR) is 172 cm³/mol. The molecule has 0 aromatic heterocycles. The molecule has 254 valence electrons. The number of carbonyl (C=O) groups excluding carboxylic acids is 3. The summed E-state index contributed by atoms with van der Waals surface area (Å²) in [6.07, 6.45) is 1.36. The fraction of sp³-hybridized carbons (Fsp3) is 0.559. The van der Waals surface area contributed by atoms with Crippen molar-refractivity contribution in [2.45, 2.75) is 111 Å². The molecule has 45 heavy (non-hydrogen) atoms. The zero-order valence-electron chi connectivity index (χ0n) is 28.3. The van der Waals surface area contributed by atoms with E-state index in [1.165, 1.54) is 12.8 Å². The van der Waals surface area contributed by atoms with Crippen LogP contribution in [0.4, 0.5) is 9.59 Å². The summed E-state index contributed by atoms with van der Waals surface area (Å²) in [7, 11) is 0. The molecule has 0 saturated carbocycles. The van der Waals surface area contributed by atoms with Gasteiger partial charge < -0.3 is 39.6 Å². The first-order valence-electron chi connectivity index (χ1n) is 14.9. The summed E-state index contributed by atoms with van der Waals surface area (Å²) in [5.74, 6) is 0.287. The molecule has 3 rings (SSSR count). The number of benzene rings is 2. The molecule has 2 aromatic carbocycles. The summed E-state index contributed by atoms with van der Waals surface area (Å²) in [6.45, 7) is 18.0.